The van der Waals surface area contributed by atoms with E-state index in [4.69, 9.17) is 0 Å². The Kier molecular flexibility index (Phi) is 5.38. The van der Waals surface area contributed by atoms with Gasteiger partial charge in [0.15, 0.2) is 0 Å². The Morgan fingerprint density at radius 3 is 2.43 bits per heavy atom. The Hall–Kier alpha value is -3.63. The summed E-state index contributed by atoms with van der Waals surface area (Å²) in [5.41, 5.74) is -3.59. The van der Waals surface area contributed by atoms with Gasteiger partial charge >= 0.3 is 12.2 Å². The molecule has 3 rings (SSSR count). The summed E-state index contributed by atoms with van der Waals surface area (Å²) in [5, 5.41) is 4.60. The monoisotopic (exact) mass is 422 g/mol. The van der Waals surface area contributed by atoms with E-state index < -0.39 is 52.9 Å². The van der Waals surface area contributed by atoms with E-state index in [-0.39, 0.29) is 6.42 Å². The Morgan fingerprint density at radius 1 is 1.17 bits per heavy atom. The minimum Gasteiger partial charge on any atom is -0.327 e. The Balaban J connectivity index is 1.80. The number of carbonyl (C=O) groups excluding carboxylic acids is 3. The van der Waals surface area contributed by atoms with Crippen LogP contribution in [0.1, 0.15) is 24.5 Å². The molecule has 1 aliphatic heterocycles. The van der Waals surface area contributed by atoms with Gasteiger partial charge in [-0.3, -0.25) is 19.3 Å². The number of urea groups is 1. The predicted octanol–water partition coefficient (Wildman–Crippen LogP) is 2.19. The molecule has 1 unspecified atom stereocenters. The summed E-state index contributed by atoms with van der Waals surface area (Å²) < 4.78 is 38.4. The maximum atomic E-state index is 13.0. The highest BCUT2D eigenvalue weighted by Gasteiger charge is 2.51. The second-order valence-corrected chi connectivity index (χ2v) is 6.62. The van der Waals surface area contributed by atoms with Crippen LogP contribution in [0, 0.1) is 0 Å². The largest absolute Gasteiger partial charge is 0.417 e. The minimum atomic E-state index is -4.73. The number of alkyl halides is 3. The third-order valence-corrected chi connectivity index (χ3v) is 4.78. The molecule has 1 aromatic carbocycles. The van der Waals surface area contributed by atoms with Crippen LogP contribution < -0.4 is 16.2 Å². The number of nitrogens with zero attached hydrogens (tertiary/aromatic N) is 1. The van der Waals surface area contributed by atoms with Crippen LogP contribution >= 0.6 is 0 Å². The molecule has 3 N–H and O–H groups in total. The molecule has 1 saturated heterocycles. The van der Waals surface area contributed by atoms with Crippen molar-refractivity contribution in [1.29, 1.82) is 0 Å². The number of aromatic amines is 1. The number of carbonyl (C=O) groups is 3. The summed E-state index contributed by atoms with van der Waals surface area (Å²) in [4.78, 5) is 51.9. The van der Waals surface area contributed by atoms with Crippen LogP contribution in [-0.4, -0.2) is 34.3 Å². The molecule has 2 aromatic rings. The van der Waals surface area contributed by atoms with Crippen molar-refractivity contribution in [1.82, 2.24) is 15.2 Å². The van der Waals surface area contributed by atoms with Gasteiger partial charge in [0.1, 0.15) is 17.8 Å². The molecule has 11 heteroatoms. The van der Waals surface area contributed by atoms with Crippen molar-refractivity contribution >= 4 is 23.5 Å². The SMILES string of the molecule is CCC1(c2ccccc2)NC(=O)N(CC(=O)Nc2cc(C(F)(F)F)c[nH]c2=O)C1=O. The van der Waals surface area contributed by atoms with Crippen molar-refractivity contribution in [3.05, 3.63) is 64.1 Å². The number of pyridine rings is 1. The minimum absolute atomic E-state index is 0.215. The first-order chi connectivity index (χ1) is 14.1. The summed E-state index contributed by atoms with van der Waals surface area (Å²) in [5.74, 6) is -1.67. The van der Waals surface area contributed by atoms with Crippen molar-refractivity contribution < 1.29 is 27.6 Å². The van der Waals surface area contributed by atoms with Gasteiger partial charge in [-0.2, -0.15) is 13.2 Å². The fraction of sp³-hybridized carbons (Fsp3) is 0.263. The third-order valence-electron chi connectivity index (χ3n) is 4.78. The van der Waals surface area contributed by atoms with Crippen LogP contribution in [0.3, 0.4) is 0 Å². The van der Waals surface area contributed by atoms with Crippen LogP contribution in [0.5, 0.6) is 0 Å². The van der Waals surface area contributed by atoms with E-state index in [0.717, 1.165) is 0 Å². The van der Waals surface area contributed by atoms with E-state index >= 15 is 0 Å². The molecule has 0 bridgehead atoms. The van der Waals surface area contributed by atoms with Crippen LogP contribution in [0.2, 0.25) is 0 Å². The van der Waals surface area contributed by atoms with E-state index in [0.29, 0.717) is 22.7 Å². The lowest BCUT2D eigenvalue weighted by atomic mass is 9.87. The van der Waals surface area contributed by atoms with Crippen LogP contribution in [-0.2, 0) is 21.3 Å². The molecule has 0 radical (unpaired) electrons. The highest BCUT2D eigenvalue weighted by atomic mass is 19.4. The summed E-state index contributed by atoms with van der Waals surface area (Å²) in [6, 6.07) is 8.11. The summed E-state index contributed by atoms with van der Waals surface area (Å²) in [7, 11) is 0. The van der Waals surface area contributed by atoms with Gasteiger partial charge in [0, 0.05) is 6.20 Å². The van der Waals surface area contributed by atoms with E-state index in [2.05, 4.69) is 5.32 Å². The number of halogens is 3. The van der Waals surface area contributed by atoms with E-state index in [1.54, 1.807) is 37.3 Å². The Labute approximate surface area is 168 Å². The summed E-state index contributed by atoms with van der Waals surface area (Å²) in [6.45, 7) is 0.922. The average molecular weight is 422 g/mol. The second-order valence-electron chi connectivity index (χ2n) is 6.62. The topological polar surface area (TPSA) is 111 Å². The van der Waals surface area contributed by atoms with Crippen LogP contribution in [0.25, 0.3) is 0 Å². The number of imide groups is 1. The maximum absolute atomic E-state index is 13.0. The number of amides is 4. The van der Waals surface area contributed by atoms with Crippen molar-refractivity contribution in [2.45, 2.75) is 25.1 Å². The van der Waals surface area contributed by atoms with Crippen molar-refractivity contribution in [2.24, 2.45) is 0 Å². The molecule has 8 nitrogen and oxygen atoms in total. The number of hydrogen-bond donors (Lipinski definition) is 3. The molecule has 1 aliphatic rings. The van der Waals surface area contributed by atoms with Crippen LogP contribution in [0.4, 0.5) is 23.7 Å². The number of benzene rings is 1. The van der Waals surface area contributed by atoms with Gasteiger partial charge in [-0.1, -0.05) is 37.3 Å². The maximum Gasteiger partial charge on any atom is 0.417 e. The van der Waals surface area contributed by atoms with E-state index in [9.17, 15) is 32.3 Å². The number of aromatic nitrogens is 1. The second kappa shape index (κ2) is 7.65. The molecule has 30 heavy (non-hydrogen) atoms. The number of nitrogens with one attached hydrogen (secondary N) is 3. The number of anilines is 1. The molecular weight excluding hydrogens is 405 g/mol. The number of hydrogen-bond acceptors (Lipinski definition) is 4. The first kappa shape index (κ1) is 21.1. The van der Waals surface area contributed by atoms with Crippen molar-refractivity contribution in [3.8, 4) is 0 Å². The zero-order valence-corrected chi connectivity index (χ0v) is 15.7. The van der Waals surface area contributed by atoms with Gasteiger partial charge < -0.3 is 15.6 Å². The Morgan fingerprint density at radius 2 is 1.83 bits per heavy atom. The molecule has 1 aromatic heterocycles. The molecule has 0 aliphatic carbocycles. The quantitative estimate of drug-likeness (QED) is 0.642. The van der Waals surface area contributed by atoms with Crippen molar-refractivity contribution in [3.63, 3.8) is 0 Å². The summed E-state index contributed by atoms with van der Waals surface area (Å²) >= 11 is 0. The molecule has 1 atom stereocenters. The first-order valence-electron chi connectivity index (χ1n) is 8.88. The fourth-order valence-electron chi connectivity index (χ4n) is 3.21. The highest BCUT2D eigenvalue weighted by molar-refractivity contribution is 6.10. The fourth-order valence-corrected chi connectivity index (χ4v) is 3.21. The molecule has 0 spiro atoms. The lowest BCUT2D eigenvalue weighted by molar-refractivity contribution is -0.137. The van der Waals surface area contributed by atoms with E-state index in [1.807, 2.05) is 10.3 Å². The predicted molar refractivity (Wildman–Crippen MR) is 99.4 cm³/mol. The van der Waals surface area contributed by atoms with Gasteiger partial charge in [-0.05, 0) is 18.1 Å². The smallest absolute Gasteiger partial charge is 0.327 e. The van der Waals surface area contributed by atoms with Gasteiger partial charge in [0.25, 0.3) is 11.5 Å². The van der Waals surface area contributed by atoms with Gasteiger partial charge in [-0.25, -0.2) is 4.79 Å². The Bertz CT molecular complexity index is 1050. The molecule has 1 fully saturated rings. The lowest BCUT2D eigenvalue weighted by Gasteiger charge is -2.25. The summed E-state index contributed by atoms with van der Waals surface area (Å²) in [6.07, 6.45) is -4.04. The normalized spacial score (nSPS) is 19.0. The van der Waals surface area contributed by atoms with Gasteiger partial charge in [0.2, 0.25) is 5.91 Å². The highest BCUT2D eigenvalue weighted by Crippen LogP contribution is 2.32. The third kappa shape index (κ3) is 3.78. The van der Waals surface area contributed by atoms with Gasteiger partial charge in [0.05, 0.1) is 5.56 Å². The standard InChI is InChI=1S/C19H17F3N4O4/c1-2-18(11-6-4-3-5-7-11)16(29)26(17(30)25-18)10-14(27)24-13-8-12(19(20,21)22)9-23-15(13)28/h3-9H,2,10H2,1H3,(H,23,28)(H,24,27)(H,25,30). The molecule has 4 amide bonds. The zero-order chi connectivity index (χ0) is 22.1. The molecular formula is C19H17F3N4O4. The average Bonchev–Trinajstić information content (AvgIpc) is 2.94. The molecule has 0 saturated carbocycles. The van der Waals surface area contributed by atoms with Crippen LogP contribution in [0.15, 0.2) is 47.4 Å². The van der Waals surface area contributed by atoms with E-state index in [1.165, 1.54) is 0 Å². The lowest BCUT2D eigenvalue weighted by Crippen LogP contribution is -2.44. The van der Waals surface area contributed by atoms with Crippen molar-refractivity contribution in [2.75, 3.05) is 11.9 Å². The number of H-pyrrole nitrogens is 1. The van der Waals surface area contributed by atoms with Gasteiger partial charge in [-0.15, -0.1) is 0 Å². The first-order valence-corrected chi connectivity index (χ1v) is 8.88. The number of rotatable bonds is 5. The molecule has 2 heterocycles. The molecule has 158 valence electrons. The zero-order valence-electron chi connectivity index (χ0n) is 15.7.